The van der Waals surface area contributed by atoms with Gasteiger partial charge in [0.05, 0.1) is 0 Å². The second kappa shape index (κ2) is 10.2. The molecule has 1 saturated heterocycles. The quantitative estimate of drug-likeness (QED) is 0.533. The van der Waals surface area contributed by atoms with Crippen molar-refractivity contribution in [3.63, 3.8) is 0 Å². The van der Waals surface area contributed by atoms with E-state index >= 15 is 0 Å². The van der Waals surface area contributed by atoms with Crippen LogP contribution >= 0.6 is 0 Å². The summed E-state index contributed by atoms with van der Waals surface area (Å²) in [4.78, 5) is 29.3. The van der Waals surface area contributed by atoms with Crippen LogP contribution in [0.5, 0.6) is 0 Å². The lowest BCUT2D eigenvalue weighted by atomic mass is 10.0. The fourth-order valence-electron chi connectivity index (χ4n) is 4.05. The van der Waals surface area contributed by atoms with E-state index < -0.39 is 0 Å². The van der Waals surface area contributed by atoms with Crippen LogP contribution in [0.15, 0.2) is 72.8 Å². The summed E-state index contributed by atoms with van der Waals surface area (Å²) in [5.41, 5.74) is 6.03. The number of carbonyl (C=O) groups excluding carboxylic acids is 2. The van der Waals surface area contributed by atoms with Gasteiger partial charge in [-0.15, -0.1) is 0 Å². The summed E-state index contributed by atoms with van der Waals surface area (Å²) in [6.45, 7) is 6.60. The number of hydrogen-bond donors (Lipinski definition) is 2. The zero-order valence-electron chi connectivity index (χ0n) is 19.2. The number of rotatable bonds is 6. The Kier molecular flexibility index (Phi) is 6.93. The van der Waals surface area contributed by atoms with Crippen LogP contribution in [0.4, 0.5) is 21.0 Å². The topological polar surface area (TPSA) is 64.7 Å². The first-order valence-corrected chi connectivity index (χ1v) is 11.3. The third kappa shape index (κ3) is 5.71. The molecule has 4 rings (SSSR count). The third-order valence-electron chi connectivity index (χ3n) is 5.89. The van der Waals surface area contributed by atoms with Crippen LogP contribution in [0.3, 0.4) is 0 Å². The Balaban J connectivity index is 1.41. The number of benzene rings is 3. The minimum atomic E-state index is -0.280. The maximum Gasteiger partial charge on any atom is 0.324 e. The summed E-state index contributed by atoms with van der Waals surface area (Å²) >= 11 is 0. The Morgan fingerprint density at radius 3 is 2.58 bits per heavy atom. The van der Waals surface area contributed by atoms with Crippen molar-refractivity contribution in [2.24, 2.45) is 0 Å². The van der Waals surface area contributed by atoms with E-state index in [0.29, 0.717) is 25.3 Å². The number of urea groups is 2. The highest BCUT2D eigenvalue weighted by atomic mass is 16.2. The van der Waals surface area contributed by atoms with Crippen LogP contribution in [0, 0.1) is 13.8 Å². The lowest BCUT2D eigenvalue weighted by Gasteiger charge is -2.36. The molecule has 0 aliphatic carbocycles. The van der Waals surface area contributed by atoms with Gasteiger partial charge in [-0.3, -0.25) is 4.90 Å². The summed E-state index contributed by atoms with van der Waals surface area (Å²) in [6, 6.07) is 23.3. The van der Waals surface area contributed by atoms with E-state index in [9.17, 15) is 9.59 Å². The molecule has 0 atom stereocenters. The zero-order chi connectivity index (χ0) is 23.2. The number of amides is 4. The molecule has 1 heterocycles. The average molecular weight is 443 g/mol. The molecule has 2 N–H and O–H groups in total. The van der Waals surface area contributed by atoms with Crippen LogP contribution in [-0.2, 0) is 13.1 Å². The molecule has 0 saturated carbocycles. The summed E-state index contributed by atoms with van der Waals surface area (Å²) in [6.07, 6.45) is 0.895. The summed E-state index contributed by atoms with van der Waals surface area (Å²) in [5.74, 6) is 0. The Bertz CT molecular complexity index is 1130. The standard InChI is InChI=1S/C27H30N4O2/c1-20-12-13-21(2)23(16-20)19-30-14-7-15-31(27(30)33)25-11-6-10-24(17-25)29-26(32)28-18-22-8-4-3-5-9-22/h3-6,8-13,16-17H,7,14-15,18-19H2,1-2H3,(H2,28,29,32). The van der Waals surface area contributed by atoms with Gasteiger partial charge >= 0.3 is 12.1 Å². The second-order valence-corrected chi connectivity index (χ2v) is 8.48. The van der Waals surface area contributed by atoms with E-state index in [-0.39, 0.29) is 12.1 Å². The SMILES string of the molecule is Cc1ccc(C)c(CN2CCCN(c3cccc(NC(=O)NCc4ccccc4)c3)C2=O)c1. The molecule has 0 spiro atoms. The molecule has 1 aliphatic rings. The molecule has 6 nitrogen and oxygen atoms in total. The monoisotopic (exact) mass is 442 g/mol. The maximum absolute atomic E-state index is 13.3. The fraction of sp³-hybridized carbons (Fsp3) is 0.259. The number of carbonyl (C=O) groups is 2. The molecule has 3 aromatic rings. The van der Waals surface area contributed by atoms with E-state index in [0.717, 1.165) is 24.2 Å². The molecule has 4 amide bonds. The molecule has 0 aromatic heterocycles. The maximum atomic E-state index is 13.3. The molecule has 0 unspecified atom stereocenters. The largest absolute Gasteiger partial charge is 0.334 e. The molecule has 0 bridgehead atoms. The van der Waals surface area contributed by atoms with Gasteiger partial charge in [-0.05, 0) is 55.2 Å². The van der Waals surface area contributed by atoms with Gasteiger partial charge in [0, 0.05) is 37.6 Å². The highest BCUT2D eigenvalue weighted by molar-refractivity contribution is 5.95. The van der Waals surface area contributed by atoms with Gasteiger partial charge in [-0.2, -0.15) is 0 Å². The van der Waals surface area contributed by atoms with Crippen LogP contribution in [0.1, 0.15) is 28.7 Å². The number of aryl methyl sites for hydroxylation is 2. The first kappa shape index (κ1) is 22.4. The molecular weight excluding hydrogens is 412 g/mol. The number of hydrogen-bond acceptors (Lipinski definition) is 2. The van der Waals surface area contributed by atoms with Crippen molar-refractivity contribution in [1.82, 2.24) is 10.2 Å². The van der Waals surface area contributed by atoms with E-state index in [1.807, 2.05) is 59.5 Å². The number of nitrogens with zero attached hydrogens (tertiary/aromatic N) is 2. The average Bonchev–Trinajstić information content (AvgIpc) is 2.82. The minimum Gasteiger partial charge on any atom is -0.334 e. The number of anilines is 2. The molecule has 0 radical (unpaired) electrons. The van der Waals surface area contributed by atoms with Gasteiger partial charge in [0.2, 0.25) is 0 Å². The molecular formula is C27H30N4O2. The number of nitrogens with one attached hydrogen (secondary N) is 2. The van der Waals surface area contributed by atoms with E-state index in [1.54, 1.807) is 4.90 Å². The first-order valence-electron chi connectivity index (χ1n) is 11.3. The fourth-order valence-corrected chi connectivity index (χ4v) is 4.05. The van der Waals surface area contributed by atoms with E-state index in [1.165, 1.54) is 16.7 Å². The normalized spacial score (nSPS) is 13.7. The van der Waals surface area contributed by atoms with Crippen molar-refractivity contribution < 1.29 is 9.59 Å². The molecule has 33 heavy (non-hydrogen) atoms. The molecule has 170 valence electrons. The summed E-state index contributed by atoms with van der Waals surface area (Å²) < 4.78 is 0. The van der Waals surface area contributed by atoms with Crippen molar-refractivity contribution in [1.29, 1.82) is 0 Å². The highest BCUT2D eigenvalue weighted by Crippen LogP contribution is 2.25. The minimum absolute atomic E-state index is 0.00663. The molecule has 1 fully saturated rings. The van der Waals surface area contributed by atoms with Gasteiger partial charge in [-0.25, -0.2) is 9.59 Å². The van der Waals surface area contributed by atoms with Gasteiger partial charge in [0.25, 0.3) is 0 Å². The van der Waals surface area contributed by atoms with Crippen molar-refractivity contribution in [2.45, 2.75) is 33.4 Å². The molecule has 3 aromatic carbocycles. The van der Waals surface area contributed by atoms with Gasteiger partial charge in [-0.1, -0.05) is 60.2 Å². The van der Waals surface area contributed by atoms with Gasteiger partial charge in [0.15, 0.2) is 0 Å². The summed E-state index contributed by atoms with van der Waals surface area (Å²) in [5, 5.41) is 5.73. The van der Waals surface area contributed by atoms with Crippen LogP contribution in [0.2, 0.25) is 0 Å². The zero-order valence-corrected chi connectivity index (χ0v) is 19.2. The predicted molar refractivity (Wildman–Crippen MR) is 132 cm³/mol. The molecule has 1 aliphatic heterocycles. The third-order valence-corrected chi connectivity index (χ3v) is 5.89. The van der Waals surface area contributed by atoms with Gasteiger partial charge in [0.1, 0.15) is 0 Å². The van der Waals surface area contributed by atoms with Crippen LogP contribution in [-0.4, -0.2) is 30.1 Å². The van der Waals surface area contributed by atoms with Crippen LogP contribution in [0.25, 0.3) is 0 Å². The van der Waals surface area contributed by atoms with Crippen molar-refractivity contribution in [3.8, 4) is 0 Å². The van der Waals surface area contributed by atoms with Crippen molar-refractivity contribution in [3.05, 3.63) is 95.1 Å². The van der Waals surface area contributed by atoms with Crippen molar-refractivity contribution in [2.75, 3.05) is 23.3 Å². The van der Waals surface area contributed by atoms with E-state index in [2.05, 4.69) is 42.7 Å². The van der Waals surface area contributed by atoms with Crippen LogP contribution < -0.4 is 15.5 Å². The van der Waals surface area contributed by atoms with Crippen molar-refractivity contribution >= 4 is 23.4 Å². The predicted octanol–water partition coefficient (Wildman–Crippen LogP) is 5.46. The highest BCUT2D eigenvalue weighted by Gasteiger charge is 2.27. The van der Waals surface area contributed by atoms with E-state index in [4.69, 9.17) is 0 Å². The lowest BCUT2D eigenvalue weighted by Crippen LogP contribution is -2.49. The second-order valence-electron chi connectivity index (χ2n) is 8.48. The smallest absolute Gasteiger partial charge is 0.324 e. The Morgan fingerprint density at radius 1 is 0.939 bits per heavy atom. The Morgan fingerprint density at radius 2 is 1.76 bits per heavy atom. The lowest BCUT2D eigenvalue weighted by molar-refractivity contribution is 0.192. The Hall–Kier alpha value is -3.80. The first-order chi connectivity index (χ1) is 16.0. The Labute approximate surface area is 195 Å². The summed E-state index contributed by atoms with van der Waals surface area (Å²) in [7, 11) is 0. The molecule has 6 heteroatoms. The van der Waals surface area contributed by atoms with Gasteiger partial charge < -0.3 is 15.5 Å².